The van der Waals surface area contributed by atoms with Gasteiger partial charge in [-0.25, -0.2) is 9.18 Å². The van der Waals surface area contributed by atoms with E-state index in [1.54, 1.807) is 0 Å². The molecule has 1 amide bonds. The summed E-state index contributed by atoms with van der Waals surface area (Å²) in [5.41, 5.74) is 1.72. The molecule has 2 atom stereocenters. The molecule has 0 aliphatic carbocycles. The number of halogens is 2. The number of alkyl halides is 1. The van der Waals surface area contributed by atoms with Gasteiger partial charge >= 0.3 is 6.09 Å². The van der Waals surface area contributed by atoms with Crippen molar-refractivity contribution in [1.82, 2.24) is 4.90 Å². The molecule has 4 rings (SSSR count). The summed E-state index contributed by atoms with van der Waals surface area (Å²) in [6, 6.07) is 13.4. The quantitative estimate of drug-likeness (QED) is 0.384. The molecule has 2 aliphatic heterocycles. The number of nitrogens with zero attached hydrogens (tertiary/aromatic N) is 1. The van der Waals surface area contributed by atoms with E-state index < -0.39 is 11.7 Å². The Labute approximate surface area is 177 Å². The van der Waals surface area contributed by atoms with Crippen LogP contribution in [0.4, 0.5) is 14.9 Å². The Kier molecular flexibility index (Phi) is 5.69. The summed E-state index contributed by atoms with van der Waals surface area (Å²) in [7, 11) is 0. The third-order valence-corrected chi connectivity index (χ3v) is 6.56. The smallest absolute Gasteiger partial charge is 0.412 e. The van der Waals surface area contributed by atoms with Crippen molar-refractivity contribution < 1.29 is 18.7 Å². The highest BCUT2D eigenvalue weighted by atomic mass is 79.9. The second kappa shape index (κ2) is 8.24. The van der Waals surface area contributed by atoms with E-state index in [1.165, 1.54) is 24.3 Å². The Hall–Kier alpha value is -2.25. The van der Waals surface area contributed by atoms with Gasteiger partial charge in [0.05, 0.1) is 10.6 Å². The van der Waals surface area contributed by atoms with Crippen LogP contribution in [0, 0.1) is 5.82 Å². The lowest BCUT2D eigenvalue weighted by molar-refractivity contribution is -0.0429. The van der Waals surface area contributed by atoms with Gasteiger partial charge < -0.3 is 4.74 Å². The molecule has 2 aromatic rings. The zero-order valence-corrected chi connectivity index (χ0v) is 17.5. The SMILES string of the molecule is O=C1Nc2ccccc2C2(CCN(CCCC(=O)c3ccc(F)cc3)C(Br)C2)O1. The van der Waals surface area contributed by atoms with Crippen LogP contribution in [0.3, 0.4) is 0 Å². The highest BCUT2D eigenvalue weighted by Crippen LogP contribution is 2.46. The summed E-state index contributed by atoms with van der Waals surface area (Å²) >= 11 is 3.74. The zero-order chi connectivity index (χ0) is 20.4. The molecule has 1 N–H and O–H groups in total. The molecule has 2 aromatic carbocycles. The zero-order valence-electron chi connectivity index (χ0n) is 15.9. The molecule has 2 unspecified atom stereocenters. The maximum atomic E-state index is 13.0. The van der Waals surface area contributed by atoms with Crippen LogP contribution < -0.4 is 5.32 Å². The second-order valence-electron chi connectivity index (χ2n) is 7.51. The summed E-state index contributed by atoms with van der Waals surface area (Å²) in [6.07, 6.45) is 2.05. The molecular formula is C22H22BrFN2O3. The average Bonchev–Trinajstić information content (AvgIpc) is 2.70. The van der Waals surface area contributed by atoms with Crippen LogP contribution in [-0.2, 0) is 10.3 Å². The summed E-state index contributed by atoms with van der Waals surface area (Å²) in [5, 5.41) is 2.77. The van der Waals surface area contributed by atoms with Gasteiger partial charge in [0, 0.05) is 36.9 Å². The number of carbonyl (C=O) groups excluding carboxylic acids is 2. The maximum Gasteiger partial charge on any atom is 0.412 e. The first kappa shape index (κ1) is 20.0. The van der Waals surface area contributed by atoms with Crippen LogP contribution in [0.2, 0.25) is 0 Å². The molecule has 0 saturated carbocycles. The highest BCUT2D eigenvalue weighted by molar-refractivity contribution is 9.09. The Morgan fingerprint density at radius 3 is 2.76 bits per heavy atom. The van der Waals surface area contributed by atoms with Gasteiger partial charge in [-0.3, -0.25) is 15.0 Å². The number of benzene rings is 2. The van der Waals surface area contributed by atoms with E-state index in [0.29, 0.717) is 31.2 Å². The lowest BCUT2D eigenvalue weighted by atomic mass is 9.82. The van der Waals surface area contributed by atoms with Gasteiger partial charge in [0.2, 0.25) is 0 Å². The number of Topliss-reactive ketones (excluding diaryl/α,β-unsaturated/α-hetero) is 1. The monoisotopic (exact) mass is 460 g/mol. The minimum Gasteiger partial charge on any atom is -0.438 e. The van der Waals surface area contributed by atoms with Crippen LogP contribution in [0.5, 0.6) is 0 Å². The van der Waals surface area contributed by atoms with E-state index in [9.17, 15) is 14.0 Å². The molecule has 5 nitrogen and oxygen atoms in total. The molecule has 2 aliphatic rings. The number of hydrogen-bond donors (Lipinski definition) is 1. The van der Waals surface area contributed by atoms with Gasteiger partial charge in [-0.15, -0.1) is 0 Å². The topological polar surface area (TPSA) is 58.6 Å². The van der Waals surface area contributed by atoms with Crippen molar-refractivity contribution in [2.24, 2.45) is 0 Å². The molecule has 2 heterocycles. The molecule has 0 aromatic heterocycles. The lowest BCUT2D eigenvalue weighted by Crippen LogP contribution is -2.51. The number of hydrogen-bond acceptors (Lipinski definition) is 4. The molecule has 1 spiro atoms. The molecule has 29 heavy (non-hydrogen) atoms. The number of likely N-dealkylation sites (tertiary alicyclic amines) is 1. The van der Waals surface area contributed by atoms with Crippen LogP contribution >= 0.6 is 15.9 Å². The number of nitrogens with one attached hydrogen (secondary N) is 1. The van der Waals surface area contributed by atoms with Crippen molar-refractivity contribution in [3.8, 4) is 0 Å². The fourth-order valence-electron chi connectivity index (χ4n) is 4.14. The first-order valence-electron chi connectivity index (χ1n) is 9.73. The number of ether oxygens (including phenoxy) is 1. The van der Waals surface area contributed by atoms with Crippen molar-refractivity contribution in [2.45, 2.75) is 36.2 Å². The third kappa shape index (κ3) is 4.21. The molecule has 0 bridgehead atoms. The number of fused-ring (bicyclic) bond motifs is 2. The molecule has 1 fully saturated rings. The minimum absolute atomic E-state index is 0.0193. The number of carbonyl (C=O) groups is 2. The van der Waals surface area contributed by atoms with Gasteiger partial charge in [0.15, 0.2) is 5.78 Å². The van der Waals surface area contributed by atoms with Gasteiger partial charge in [-0.1, -0.05) is 34.1 Å². The number of ketones is 1. The number of rotatable bonds is 5. The Morgan fingerprint density at radius 2 is 2.00 bits per heavy atom. The summed E-state index contributed by atoms with van der Waals surface area (Å²) in [6.45, 7) is 1.51. The normalized spacial score (nSPS) is 23.9. The fourth-order valence-corrected chi connectivity index (χ4v) is 5.07. The van der Waals surface area contributed by atoms with Gasteiger partial charge in [-0.05, 0) is 43.3 Å². The molecule has 1 saturated heterocycles. The summed E-state index contributed by atoms with van der Waals surface area (Å²) in [4.78, 5) is 26.6. The van der Waals surface area contributed by atoms with E-state index in [-0.39, 0.29) is 16.6 Å². The number of amides is 1. The summed E-state index contributed by atoms with van der Waals surface area (Å²) < 4.78 is 18.8. The van der Waals surface area contributed by atoms with E-state index in [2.05, 4.69) is 26.1 Å². The second-order valence-corrected chi connectivity index (χ2v) is 8.57. The average molecular weight is 461 g/mol. The predicted octanol–water partition coefficient (Wildman–Crippen LogP) is 5.06. The molecule has 7 heteroatoms. The highest BCUT2D eigenvalue weighted by Gasteiger charge is 2.47. The predicted molar refractivity (Wildman–Crippen MR) is 112 cm³/mol. The van der Waals surface area contributed by atoms with Crippen molar-refractivity contribution in [2.75, 3.05) is 18.4 Å². The number of para-hydroxylation sites is 1. The summed E-state index contributed by atoms with van der Waals surface area (Å²) in [5.74, 6) is -0.322. The lowest BCUT2D eigenvalue weighted by Gasteiger charge is -2.46. The molecule has 0 radical (unpaired) electrons. The maximum absolute atomic E-state index is 13.0. The van der Waals surface area contributed by atoms with Crippen molar-refractivity contribution in [3.63, 3.8) is 0 Å². The first-order chi connectivity index (χ1) is 14.0. The van der Waals surface area contributed by atoms with Crippen molar-refractivity contribution >= 4 is 33.5 Å². The Morgan fingerprint density at radius 1 is 1.24 bits per heavy atom. The largest absolute Gasteiger partial charge is 0.438 e. The minimum atomic E-state index is -0.631. The first-order valence-corrected chi connectivity index (χ1v) is 10.6. The van der Waals surface area contributed by atoms with E-state index in [1.807, 2.05) is 24.3 Å². The van der Waals surface area contributed by atoms with E-state index >= 15 is 0 Å². The van der Waals surface area contributed by atoms with Crippen molar-refractivity contribution in [3.05, 3.63) is 65.5 Å². The number of anilines is 1. The standard InChI is InChI=1S/C22H22BrFN2O3/c23-20-14-22(17-4-1-2-5-18(17)25-21(28)29-22)11-13-26(20)12-3-6-19(27)15-7-9-16(24)10-8-15/h1-2,4-5,7-10,20H,3,6,11-14H2,(H,25,28). The van der Waals surface area contributed by atoms with E-state index in [0.717, 1.165) is 24.3 Å². The van der Waals surface area contributed by atoms with Gasteiger partial charge in [-0.2, -0.15) is 0 Å². The van der Waals surface area contributed by atoms with Crippen LogP contribution in [-0.4, -0.2) is 34.8 Å². The van der Waals surface area contributed by atoms with Crippen LogP contribution in [0.1, 0.15) is 41.6 Å². The van der Waals surface area contributed by atoms with Gasteiger partial charge in [0.1, 0.15) is 11.4 Å². The van der Waals surface area contributed by atoms with Gasteiger partial charge in [0.25, 0.3) is 0 Å². The Balaban J connectivity index is 1.36. The fraction of sp³-hybridized carbons (Fsp3) is 0.364. The Bertz CT molecular complexity index is 921. The molecule has 152 valence electrons. The van der Waals surface area contributed by atoms with Crippen molar-refractivity contribution in [1.29, 1.82) is 0 Å². The van der Waals surface area contributed by atoms with E-state index in [4.69, 9.17) is 4.74 Å². The molecular weight excluding hydrogens is 439 g/mol. The number of piperidine rings is 1. The van der Waals surface area contributed by atoms with Crippen LogP contribution in [0.25, 0.3) is 0 Å². The van der Waals surface area contributed by atoms with Crippen LogP contribution in [0.15, 0.2) is 48.5 Å². The third-order valence-electron chi connectivity index (χ3n) is 5.66.